The third-order valence-corrected chi connectivity index (χ3v) is 8.62. The van der Waals surface area contributed by atoms with Crippen LogP contribution >= 0.6 is 0 Å². The van der Waals surface area contributed by atoms with Crippen LogP contribution in [0.4, 0.5) is 0 Å². The smallest absolute Gasteiger partial charge is 0.0201 e. The first-order valence-electron chi connectivity index (χ1n) is 13.6. The average molecular weight is 469 g/mol. The second kappa shape index (κ2) is 9.25. The van der Waals surface area contributed by atoms with Gasteiger partial charge in [0.05, 0.1) is 0 Å². The molecule has 0 spiro atoms. The molecule has 2 atom stereocenters. The third kappa shape index (κ3) is 3.84. The van der Waals surface area contributed by atoms with Crippen LogP contribution in [-0.4, -0.2) is 0 Å². The first kappa shape index (κ1) is 23.0. The van der Waals surface area contributed by atoms with Gasteiger partial charge in [-0.3, -0.25) is 0 Å². The molecule has 3 aromatic rings. The van der Waals surface area contributed by atoms with E-state index in [2.05, 4.69) is 93.2 Å². The number of fused-ring (bicyclic) bond motifs is 3. The monoisotopic (exact) mass is 468 g/mol. The molecule has 0 nitrogen and oxygen atoms in total. The van der Waals surface area contributed by atoms with Crippen LogP contribution in [0.2, 0.25) is 0 Å². The molecule has 0 amide bonds. The van der Waals surface area contributed by atoms with Crippen LogP contribution in [0.1, 0.15) is 67.7 Å². The Balaban J connectivity index is 1.46. The third-order valence-electron chi connectivity index (χ3n) is 8.62. The summed E-state index contributed by atoms with van der Waals surface area (Å²) >= 11 is 0. The number of rotatable bonds is 5. The lowest BCUT2D eigenvalue weighted by atomic mass is 9.69. The zero-order valence-corrected chi connectivity index (χ0v) is 21.7. The molecule has 0 heteroatoms. The van der Waals surface area contributed by atoms with Gasteiger partial charge in [0.2, 0.25) is 0 Å². The van der Waals surface area contributed by atoms with E-state index in [1.54, 1.807) is 11.1 Å². The molecule has 0 radical (unpaired) electrons. The molecular weight excluding hydrogens is 432 g/mol. The molecule has 6 rings (SSSR count). The van der Waals surface area contributed by atoms with Crippen LogP contribution in [0.15, 0.2) is 113 Å². The van der Waals surface area contributed by atoms with E-state index in [-0.39, 0.29) is 0 Å². The van der Waals surface area contributed by atoms with Gasteiger partial charge in [0, 0.05) is 11.8 Å². The summed E-state index contributed by atoms with van der Waals surface area (Å²) in [6, 6.07) is 22.6. The summed E-state index contributed by atoms with van der Waals surface area (Å²) in [7, 11) is 0. The Morgan fingerprint density at radius 1 is 0.972 bits per heavy atom. The van der Waals surface area contributed by atoms with Crippen LogP contribution in [0.25, 0.3) is 16.8 Å². The molecule has 180 valence electrons. The molecule has 1 fully saturated rings. The molecule has 3 aliphatic rings. The van der Waals surface area contributed by atoms with Crippen molar-refractivity contribution in [2.24, 2.45) is 5.92 Å². The fourth-order valence-corrected chi connectivity index (χ4v) is 6.98. The lowest BCUT2D eigenvalue weighted by Crippen LogP contribution is -2.21. The highest BCUT2D eigenvalue weighted by molar-refractivity contribution is 5.91. The number of hydrogen-bond donors (Lipinski definition) is 0. The molecular formula is C36H36. The van der Waals surface area contributed by atoms with Crippen LogP contribution < -0.4 is 0 Å². The standard InChI is InChI=1S/C36H36/c1-5-10-23(2)34-24(3)19-32-22-31(21-29-15-9-13-27-11-6-7-16-33(27)29)25(4)35(32)36(34)30-18-17-26-12-8-14-28(26)20-30/h6-7,9,11,13,15-21,35-36H,2,4-5,8,10,12,14,22H2,1,3H3. The van der Waals surface area contributed by atoms with Gasteiger partial charge in [-0.1, -0.05) is 110 Å². The van der Waals surface area contributed by atoms with Gasteiger partial charge in [0.15, 0.2) is 0 Å². The largest absolute Gasteiger partial charge is 0.0955 e. The van der Waals surface area contributed by atoms with Gasteiger partial charge < -0.3 is 0 Å². The predicted octanol–water partition coefficient (Wildman–Crippen LogP) is 9.68. The second-order valence-corrected chi connectivity index (χ2v) is 10.9. The van der Waals surface area contributed by atoms with E-state index in [1.807, 2.05) is 0 Å². The minimum atomic E-state index is 0.306. The minimum absolute atomic E-state index is 0.306. The Morgan fingerprint density at radius 3 is 2.64 bits per heavy atom. The van der Waals surface area contributed by atoms with Crippen molar-refractivity contribution in [3.8, 4) is 0 Å². The summed E-state index contributed by atoms with van der Waals surface area (Å²) in [4.78, 5) is 0. The summed E-state index contributed by atoms with van der Waals surface area (Å²) < 4.78 is 0. The van der Waals surface area contributed by atoms with E-state index >= 15 is 0 Å². The van der Waals surface area contributed by atoms with Crippen molar-refractivity contribution in [3.05, 3.63) is 136 Å². The molecule has 0 N–H and O–H groups in total. The van der Waals surface area contributed by atoms with Crippen molar-refractivity contribution >= 4 is 16.8 Å². The number of allylic oxidation sites excluding steroid dienone is 7. The maximum Gasteiger partial charge on any atom is 0.0201 e. The van der Waals surface area contributed by atoms with Gasteiger partial charge in [-0.25, -0.2) is 0 Å². The van der Waals surface area contributed by atoms with E-state index in [4.69, 9.17) is 6.58 Å². The van der Waals surface area contributed by atoms with E-state index in [1.165, 1.54) is 74.6 Å². The molecule has 3 aromatic carbocycles. The van der Waals surface area contributed by atoms with Gasteiger partial charge in [0.1, 0.15) is 0 Å². The number of aryl methyl sites for hydroxylation is 2. The zero-order valence-electron chi connectivity index (χ0n) is 21.7. The Labute approximate surface area is 216 Å². The van der Waals surface area contributed by atoms with E-state index < -0.39 is 0 Å². The molecule has 0 saturated heterocycles. The van der Waals surface area contributed by atoms with Crippen molar-refractivity contribution in [2.75, 3.05) is 0 Å². The average Bonchev–Trinajstić information content (AvgIpc) is 3.47. The normalized spacial score (nSPS) is 22.2. The fourth-order valence-electron chi connectivity index (χ4n) is 6.98. The molecule has 0 aromatic heterocycles. The van der Waals surface area contributed by atoms with Crippen molar-refractivity contribution in [1.29, 1.82) is 0 Å². The SMILES string of the molecule is C=C(CCC)C1=C(C)C=C2CC(=Cc3cccc4ccccc34)C(=C)C2C1c1ccc2c(c1)CCC2. The Hall–Kier alpha value is -3.38. The molecule has 36 heavy (non-hydrogen) atoms. The Bertz CT molecular complexity index is 1480. The van der Waals surface area contributed by atoms with Gasteiger partial charge >= 0.3 is 0 Å². The van der Waals surface area contributed by atoms with Crippen LogP contribution in [0.3, 0.4) is 0 Å². The maximum absolute atomic E-state index is 4.75. The topological polar surface area (TPSA) is 0 Å². The molecule has 2 unspecified atom stereocenters. The molecule has 0 bridgehead atoms. The minimum Gasteiger partial charge on any atom is -0.0955 e. The van der Waals surface area contributed by atoms with Crippen molar-refractivity contribution in [1.82, 2.24) is 0 Å². The van der Waals surface area contributed by atoms with Crippen molar-refractivity contribution in [2.45, 2.75) is 58.3 Å². The summed E-state index contributed by atoms with van der Waals surface area (Å²) in [6.07, 6.45) is 11.7. The lowest BCUT2D eigenvalue weighted by molar-refractivity contribution is 0.619. The lowest BCUT2D eigenvalue weighted by Gasteiger charge is -2.35. The molecule has 0 heterocycles. The van der Waals surface area contributed by atoms with Crippen LogP contribution in [0.5, 0.6) is 0 Å². The van der Waals surface area contributed by atoms with Crippen molar-refractivity contribution in [3.63, 3.8) is 0 Å². The Kier molecular flexibility index (Phi) is 5.92. The number of hydrogen-bond acceptors (Lipinski definition) is 0. The van der Waals surface area contributed by atoms with Crippen molar-refractivity contribution < 1.29 is 0 Å². The van der Waals surface area contributed by atoms with Gasteiger partial charge in [-0.2, -0.15) is 0 Å². The van der Waals surface area contributed by atoms with E-state index in [0.717, 1.165) is 19.3 Å². The quantitative estimate of drug-likeness (QED) is 0.349. The summed E-state index contributed by atoms with van der Waals surface area (Å²) in [5, 5.41) is 2.60. The predicted molar refractivity (Wildman–Crippen MR) is 155 cm³/mol. The van der Waals surface area contributed by atoms with E-state index in [9.17, 15) is 0 Å². The number of benzene rings is 3. The van der Waals surface area contributed by atoms with Gasteiger partial charge in [-0.15, -0.1) is 0 Å². The van der Waals surface area contributed by atoms with E-state index in [0.29, 0.717) is 11.8 Å². The molecule has 3 aliphatic carbocycles. The first-order chi connectivity index (χ1) is 17.5. The van der Waals surface area contributed by atoms with Crippen LogP contribution in [0, 0.1) is 5.92 Å². The Morgan fingerprint density at radius 2 is 1.78 bits per heavy atom. The second-order valence-electron chi connectivity index (χ2n) is 10.9. The maximum atomic E-state index is 4.75. The van der Waals surface area contributed by atoms with Crippen LogP contribution in [-0.2, 0) is 12.8 Å². The molecule has 0 aliphatic heterocycles. The first-order valence-corrected chi connectivity index (χ1v) is 13.6. The highest BCUT2D eigenvalue weighted by Crippen LogP contribution is 2.55. The highest BCUT2D eigenvalue weighted by Gasteiger charge is 2.41. The summed E-state index contributed by atoms with van der Waals surface area (Å²) in [5.41, 5.74) is 14.2. The fraction of sp³-hybridized carbons (Fsp3) is 0.278. The van der Waals surface area contributed by atoms with Gasteiger partial charge in [0.25, 0.3) is 0 Å². The summed E-state index contributed by atoms with van der Waals surface area (Å²) in [5.74, 6) is 0.624. The summed E-state index contributed by atoms with van der Waals surface area (Å²) in [6.45, 7) is 13.9. The van der Waals surface area contributed by atoms with Gasteiger partial charge in [-0.05, 0) is 94.3 Å². The highest BCUT2D eigenvalue weighted by atomic mass is 14.4. The molecule has 1 saturated carbocycles. The zero-order chi connectivity index (χ0) is 24.8.